The van der Waals surface area contributed by atoms with Crippen LogP contribution in [0.3, 0.4) is 0 Å². The Morgan fingerprint density at radius 3 is 2.63 bits per heavy atom. The number of nitrogens with zero attached hydrogens (tertiary/aromatic N) is 4. The topological polar surface area (TPSA) is 67.8 Å². The van der Waals surface area contributed by atoms with E-state index in [-0.39, 0.29) is 17.8 Å². The zero-order valence-electron chi connectivity index (χ0n) is 16.8. The number of ether oxygens (including phenoxy) is 2. The van der Waals surface area contributed by atoms with E-state index >= 15 is 0 Å². The van der Waals surface area contributed by atoms with Crippen molar-refractivity contribution in [1.29, 1.82) is 0 Å². The van der Waals surface area contributed by atoms with Crippen LogP contribution in [0.25, 0.3) is 0 Å². The van der Waals surface area contributed by atoms with Gasteiger partial charge in [-0.2, -0.15) is 4.98 Å². The van der Waals surface area contributed by atoms with E-state index < -0.39 is 0 Å². The van der Waals surface area contributed by atoms with Crippen LogP contribution in [0, 0.1) is 5.82 Å². The summed E-state index contributed by atoms with van der Waals surface area (Å²) in [6.07, 6.45) is 4.24. The largest absolute Gasteiger partial charge is 0.438 e. The molecule has 1 aromatic carbocycles. The fraction of sp³-hybridized carbons (Fsp3) is 0.500. The van der Waals surface area contributed by atoms with Crippen LogP contribution in [-0.2, 0) is 22.5 Å². The molecule has 158 valence electrons. The van der Waals surface area contributed by atoms with Crippen molar-refractivity contribution in [3.63, 3.8) is 0 Å². The van der Waals surface area contributed by atoms with Crippen LogP contribution in [0.4, 0.5) is 10.3 Å². The third-order valence-electron chi connectivity index (χ3n) is 5.94. The third kappa shape index (κ3) is 3.84. The van der Waals surface area contributed by atoms with Gasteiger partial charge in [0.25, 0.3) is 5.91 Å². The highest BCUT2D eigenvalue weighted by molar-refractivity contribution is 5.81. The van der Waals surface area contributed by atoms with Crippen molar-refractivity contribution >= 4 is 11.9 Å². The average molecular weight is 412 g/mol. The molecule has 0 aliphatic carbocycles. The Morgan fingerprint density at radius 2 is 1.90 bits per heavy atom. The lowest BCUT2D eigenvalue weighted by molar-refractivity contribution is -0.141. The summed E-state index contributed by atoms with van der Waals surface area (Å²) in [5, 5.41) is 0. The van der Waals surface area contributed by atoms with Gasteiger partial charge in [-0.1, -0.05) is 0 Å². The van der Waals surface area contributed by atoms with Crippen molar-refractivity contribution in [3.8, 4) is 11.6 Å². The lowest BCUT2D eigenvalue weighted by atomic mass is 10.1. The summed E-state index contributed by atoms with van der Waals surface area (Å²) in [5.41, 5.74) is 1.74. The molecule has 0 radical (unpaired) electrons. The Balaban J connectivity index is 1.46. The number of fused-ring (bicyclic) bond motifs is 1. The van der Waals surface area contributed by atoms with Crippen LogP contribution in [0.15, 0.2) is 24.3 Å². The van der Waals surface area contributed by atoms with Gasteiger partial charge in [-0.25, -0.2) is 9.37 Å². The SMILES string of the molecule is O=C([C@@H]1CCCO1)N1CCc2nc(N3CCCC3)nc(Oc3ccc(F)cc3)c2C1. The van der Waals surface area contributed by atoms with Crippen molar-refractivity contribution in [2.24, 2.45) is 0 Å². The van der Waals surface area contributed by atoms with Gasteiger partial charge in [-0.05, 0) is 49.9 Å². The predicted molar refractivity (Wildman–Crippen MR) is 108 cm³/mol. The van der Waals surface area contributed by atoms with Crippen LogP contribution < -0.4 is 9.64 Å². The molecule has 2 saturated heterocycles. The molecule has 3 aliphatic rings. The number of hydrogen-bond acceptors (Lipinski definition) is 6. The van der Waals surface area contributed by atoms with Crippen LogP contribution >= 0.6 is 0 Å². The molecule has 0 unspecified atom stereocenters. The molecule has 8 heteroatoms. The Bertz CT molecular complexity index is 925. The van der Waals surface area contributed by atoms with E-state index in [0.717, 1.165) is 50.0 Å². The van der Waals surface area contributed by atoms with Gasteiger partial charge in [0.05, 0.1) is 17.8 Å². The average Bonchev–Trinajstić information content (AvgIpc) is 3.49. The zero-order chi connectivity index (χ0) is 20.5. The lowest BCUT2D eigenvalue weighted by Crippen LogP contribution is -2.42. The summed E-state index contributed by atoms with van der Waals surface area (Å²) in [7, 11) is 0. The van der Waals surface area contributed by atoms with Crippen molar-refractivity contribution < 1.29 is 18.7 Å². The Morgan fingerprint density at radius 1 is 1.10 bits per heavy atom. The fourth-order valence-corrected chi connectivity index (χ4v) is 4.29. The standard InChI is InChI=1S/C22H25FN4O3/c23-15-5-7-16(8-6-15)30-20-17-14-27(21(28)19-4-3-13-29-19)12-9-18(17)24-22(25-20)26-10-1-2-11-26/h5-8,19H,1-4,9-14H2/t19-/m0/s1. The van der Waals surface area contributed by atoms with Crippen molar-refractivity contribution in [1.82, 2.24) is 14.9 Å². The minimum atomic E-state index is -0.349. The molecule has 3 aliphatic heterocycles. The van der Waals surface area contributed by atoms with E-state index in [1.807, 2.05) is 4.90 Å². The number of hydrogen-bond donors (Lipinski definition) is 0. The van der Waals surface area contributed by atoms with Gasteiger partial charge in [0.15, 0.2) is 0 Å². The first-order valence-electron chi connectivity index (χ1n) is 10.7. The normalized spacial score (nSPS) is 21.0. The molecular formula is C22H25FN4O3. The van der Waals surface area contributed by atoms with E-state index in [4.69, 9.17) is 19.4 Å². The third-order valence-corrected chi connectivity index (χ3v) is 5.94. The number of aromatic nitrogens is 2. The molecule has 5 rings (SSSR count). The number of carbonyl (C=O) groups is 1. The van der Waals surface area contributed by atoms with Gasteiger partial charge in [-0.3, -0.25) is 4.79 Å². The maximum absolute atomic E-state index is 13.3. The molecule has 2 aromatic rings. The van der Waals surface area contributed by atoms with Gasteiger partial charge in [0, 0.05) is 32.7 Å². The zero-order valence-corrected chi connectivity index (χ0v) is 16.8. The molecule has 0 N–H and O–H groups in total. The first kappa shape index (κ1) is 19.2. The lowest BCUT2D eigenvalue weighted by Gasteiger charge is -2.31. The monoisotopic (exact) mass is 412 g/mol. The van der Waals surface area contributed by atoms with E-state index in [0.29, 0.717) is 43.7 Å². The predicted octanol–water partition coefficient (Wildman–Crippen LogP) is 3.07. The molecule has 1 aromatic heterocycles. The van der Waals surface area contributed by atoms with Crippen molar-refractivity contribution in [3.05, 3.63) is 41.3 Å². The van der Waals surface area contributed by atoms with E-state index in [1.165, 1.54) is 12.1 Å². The summed E-state index contributed by atoms with van der Waals surface area (Å²) in [4.78, 5) is 26.4. The van der Waals surface area contributed by atoms with E-state index in [1.54, 1.807) is 12.1 Å². The smallest absolute Gasteiger partial charge is 0.252 e. The first-order chi connectivity index (χ1) is 14.7. The second-order valence-electron chi connectivity index (χ2n) is 8.02. The number of rotatable bonds is 4. The van der Waals surface area contributed by atoms with Crippen molar-refractivity contribution in [2.75, 3.05) is 31.1 Å². The highest BCUT2D eigenvalue weighted by Gasteiger charge is 2.33. The van der Waals surface area contributed by atoms with Gasteiger partial charge < -0.3 is 19.3 Å². The first-order valence-corrected chi connectivity index (χ1v) is 10.7. The van der Waals surface area contributed by atoms with Crippen LogP contribution in [0.2, 0.25) is 0 Å². The maximum Gasteiger partial charge on any atom is 0.252 e. The number of anilines is 1. The highest BCUT2D eigenvalue weighted by Crippen LogP contribution is 2.33. The number of amides is 1. The summed E-state index contributed by atoms with van der Waals surface area (Å²) in [6.45, 7) is 3.50. The molecule has 1 atom stereocenters. The molecule has 0 bridgehead atoms. The Hall–Kier alpha value is -2.74. The maximum atomic E-state index is 13.3. The van der Waals surface area contributed by atoms with Gasteiger partial charge in [0.2, 0.25) is 11.8 Å². The van der Waals surface area contributed by atoms with Crippen LogP contribution in [0.1, 0.15) is 36.9 Å². The quantitative estimate of drug-likeness (QED) is 0.769. The molecule has 0 saturated carbocycles. The fourth-order valence-electron chi connectivity index (χ4n) is 4.29. The summed E-state index contributed by atoms with van der Waals surface area (Å²) in [6, 6.07) is 5.88. The second-order valence-corrected chi connectivity index (χ2v) is 8.02. The minimum absolute atomic E-state index is 0.0227. The number of halogens is 1. The van der Waals surface area contributed by atoms with Crippen LogP contribution in [-0.4, -0.2) is 53.1 Å². The minimum Gasteiger partial charge on any atom is -0.438 e. The Labute approximate surface area is 174 Å². The van der Waals surface area contributed by atoms with Crippen LogP contribution in [0.5, 0.6) is 11.6 Å². The number of benzene rings is 1. The summed E-state index contributed by atoms with van der Waals surface area (Å²) >= 11 is 0. The van der Waals surface area contributed by atoms with Gasteiger partial charge >= 0.3 is 0 Å². The van der Waals surface area contributed by atoms with E-state index in [2.05, 4.69) is 4.90 Å². The molecule has 1 amide bonds. The molecule has 30 heavy (non-hydrogen) atoms. The highest BCUT2D eigenvalue weighted by atomic mass is 19.1. The van der Waals surface area contributed by atoms with Crippen molar-refractivity contribution in [2.45, 2.75) is 44.8 Å². The molecule has 4 heterocycles. The molecule has 7 nitrogen and oxygen atoms in total. The second kappa shape index (κ2) is 8.18. The Kier molecular flexibility index (Phi) is 5.25. The molecule has 2 fully saturated rings. The van der Waals surface area contributed by atoms with Gasteiger partial charge in [0.1, 0.15) is 17.7 Å². The number of carbonyl (C=O) groups excluding carboxylic acids is 1. The molecule has 0 spiro atoms. The summed E-state index contributed by atoms with van der Waals surface area (Å²) in [5.74, 6) is 1.32. The van der Waals surface area contributed by atoms with Gasteiger partial charge in [-0.15, -0.1) is 0 Å². The molecular weight excluding hydrogens is 387 g/mol. The van der Waals surface area contributed by atoms with E-state index in [9.17, 15) is 9.18 Å². The summed E-state index contributed by atoms with van der Waals surface area (Å²) < 4.78 is 25.0.